The van der Waals surface area contributed by atoms with E-state index < -0.39 is 12.5 Å². The molecule has 1 amide bonds. The molecule has 0 aliphatic heterocycles. The number of hydrogen-bond donors (Lipinski definition) is 3. The minimum absolute atomic E-state index is 0.0865. The first-order valence-electron chi connectivity index (χ1n) is 8.50. The minimum atomic E-state index is -0.487. The zero-order chi connectivity index (χ0) is 19.9. The van der Waals surface area contributed by atoms with Crippen LogP contribution in [-0.2, 0) is 11.2 Å². The summed E-state index contributed by atoms with van der Waals surface area (Å²) in [5.41, 5.74) is 1.78. The van der Waals surface area contributed by atoms with Crippen molar-refractivity contribution in [3.63, 3.8) is 0 Å². The Kier molecular flexibility index (Phi) is 6.27. The van der Waals surface area contributed by atoms with Crippen molar-refractivity contribution in [1.29, 1.82) is 0 Å². The van der Waals surface area contributed by atoms with Crippen molar-refractivity contribution in [1.82, 2.24) is 15.6 Å². The number of ether oxygens (including phenoxy) is 1. The second-order valence-corrected chi connectivity index (χ2v) is 5.97. The van der Waals surface area contributed by atoms with Crippen LogP contribution in [0.4, 0.5) is 4.39 Å². The van der Waals surface area contributed by atoms with E-state index in [1.165, 1.54) is 18.3 Å². The highest BCUT2D eigenvalue weighted by atomic mass is 19.1. The molecule has 1 heterocycles. The molecule has 1 aromatic heterocycles. The van der Waals surface area contributed by atoms with E-state index in [1.807, 2.05) is 0 Å². The van der Waals surface area contributed by atoms with Crippen LogP contribution in [0.1, 0.15) is 29.2 Å². The molecule has 0 fully saturated rings. The molecule has 1 atom stereocenters. The summed E-state index contributed by atoms with van der Waals surface area (Å²) in [5, 5.41) is 30.5. The van der Waals surface area contributed by atoms with Gasteiger partial charge in [-0.25, -0.2) is 14.0 Å². The first kappa shape index (κ1) is 19.4. The number of halogens is 1. The third-order valence-corrected chi connectivity index (χ3v) is 4.15. The van der Waals surface area contributed by atoms with Gasteiger partial charge in [-0.15, -0.1) is 0 Å². The summed E-state index contributed by atoms with van der Waals surface area (Å²) >= 11 is 0. The average molecular weight is 391 g/mol. The molecule has 3 N–H and O–H groups in total. The van der Waals surface area contributed by atoms with Crippen molar-refractivity contribution in [2.75, 3.05) is 19.8 Å². The van der Waals surface area contributed by atoms with E-state index in [1.54, 1.807) is 6.07 Å². The lowest BCUT2D eigenvalue weighted by molar-refractivity contribution is -0.123. The number of carbonyl (C=O) groups is 1. The van der Waals surface area contributed by atoms with Crippen LogP contribution in [0.2, 0.25) is 0 Å². The third kappa shape index (κ3) is 4.49. The molecule has 0 radical (unpaired) electrons. The van der Waals surface area contributed by atoms with E-state index in [4.69, 9.17) is 9.84 Å². The summed E-state index contributed by atoms with van der Waals surface area (Å²) < 4.78 is 23.3. The van der Waals surface area contributed by atoms with Gasteiger partial charge in [0, 0.05) is 18.7 Å². The van der Waals surface area contributed by atoms with Gasteiger partial charge in [0.2, 0.25) is 11.5 Å². The molecule has 1 aliphatic carbocycles. The van der Waals surface area contributed by atoms with Crippen molar-refractivity contribution >= 4 is 18.0 Å². The first-order valence-corrected chi connectivity index (χ1v) is 8.50. The van der Waals surface area contributed by atoms with Crippen molar-refractivity contribution < 1.29 is 28.9 Å². The molecule has 0 spiro atoms. The third-order valence-electron chi connectivity index (χ3n) is 4.15. The summed E-state index contributed by atoms with van der Waals surface area (Å²) in [5.74, 6) is -1.36. The number of amides is 1. The summed E-state index contributed by atoms with van der Waals surface area (Å²) in [7, 11) is 0. The number of nitrogens with zero attached hydrogens (tertiary/aromatic N) is 4. The number of aliphatic imine (C=N–C) groups is 1. The molecule has 11 heteroatoms. The zero-order valence-electron chi connectivity index (χ0n) is 14.7. The Bertz CT molecular complexity index is 898. The maximum atomic E-state index is 13.5. The molecule has 1 aliphatic rings. The fourth-order valence-electron chi connectivity index (χ4n) is 2.85. The number of nitrogens with one attached hydrogen (secondary N) is 1. The number of aromatic nitrogens is 2. The number of benzene rings is 1. The van der Waals surface area contributed by atoms with Crippen molar-refractivity contribution in [3.8, 4) is 5.88 Å². The Labute approximate surface area is 158 Å². The fourth-order valence-corrected chi connectivity index (χ4v) is 2.85. The van der Waals surface area contributed by atoms with Gasteiger partial charge in [-0.2, -0.15) is 0 Å². The van der Waals surface area contributed by atoms with Crippen LogP contribution in [0.3, 0.4) is 0 Å². The molecular weight excluding hydrogens is 373 g/mol. The Morgan fingerprint density at radius 3 is 3.11 bits per heavy atom. The zero-order valence-corrected chi connectivity index (χ0v) is 14.7. The van der Waals surface area contributed by atoms with Crippen molar-refractivity contribution in [2.24, 2.45) is 10.1 Å². The fraction of sp³-hybridized carbons (Fsp3) is 0.353. The molecule has 148 valence electrons. The first-order chi connectivity index (χ1) is 13.6. The molecule has 1 unspecified atom stereocenters. The van der Waals surface area contributed by atoms with E-state index >= 15 is 0 Å². The molecule has 0 saturated heterocycles. The van der Waals surface area contributed by atoms with Crippen LogP contribution in [-0.4, -0.2) is 58.3 Å². The highest BCUT2D eigenvalue weighted by Crippen LogP contribution is 2.32. The number of amidine groups is 1. The lowest BCUT2D eigenvalue weighted by Gasteiger charge is -2.06. The normalized spacial score (nSPS) is 16.4. The number of hydrogen-bond acceptors (Lipinski definition) is 8. The largest absolute Gasteiger partial charge is 0.464 e. The lowest BCUT2D eigenvalue weighted by atomic mass is 10.0. The van der Waals surface area contributed by atoms with E-state index in [0.717, 1.165) is 24.0 Å². The smallest absolute Gasteiger partial charge is 0.287 e. The second kappa shape index (κ2) is 9.04. The highest BCUT2D eigenvalue weighted by molar-refractivity contribution is 6.03. The summed E-state index contributed by atoms with van der Waals surface area (Å²) in [6.07, 6.45) is 3.07. The quantitative estimate of drug-likeness (QED) is 0.272. The molecule has 0 saturated carbocycles. The number of aliphatic hydroxyl groups excluding tert-OH is 1. The van der Waals surface area contributed by atoms with Crippen LogP contribution in [0.15, 0.2) is 33.0 Å². The van der Waals surface area contributed by atoms with E-state index in [2.05, 4.69) is 30.4 Å². The van der Waals surface area contributed by atoms with Crippen LogP contribution >= 0.6 is 0 Å². The van der Waals surface area contributed by atoms with Gasteiger partial charge in [0.25, 0.3) is 11.8 Å². The van der Waals surface area contributed by atoms with Gasteiger partial charge in [0.05, 0.1) is 6.61 Å². The highest BCUT2D eigenvalue weighted by Gasteiger charge is 2.23. The Morgan fingerprint density at radius 1 is 1.46 bits per heavy atom. The monoisotopic (exact) mass is 391 g/mol. The van der Waals surface area contributed by atoms with E-state index in [0.29, 0.717) is 0 Å². The molecule has 28 heavy (non-hydrogen) atoms. The molecule has 0 bridgehead atoms. The predicted octanol–water partition coefficient (Wildman–Crippen LogP) is 0.633. The van der Waals surface area contributed by atoms with Gasteiger partial charge in [0.1, 0.15) is 5.82 Å². The van der Waals surface area contributed by atoms with Crippen LogP contribution in [0.25, 0.3) is 0 Å². The number of fused-ring (bicyclic) bond motifs is 1. The Hall–Kier alpha value is -3.34. The van der Waals surface area contributed by atoms with Gasteiger partial charge in [-0.05, 0) is 46.4 Å². The number of oxime groups is 1. The average Bonchev–Trinajstić information content (AvgIpc) is 3.32. The number of aryl methyl sites for hydroxylation is 1. The number of carbonyl (C=O) groups excluding carboxylic acids is 1. The van der Waals surface area contributed by atoms with E-state index in [-0.39, 0.29) is 42.3 Å². The summed E-state index contributed by atoms with van der Waals surface area (Å²) in [6.45, 7) is -0.519. The number of aliphatic hydroxyl groups is 1. The van der Waals surface area contributed by atoms with Gasteiger partial charge >= 0.3 is 0 Å². The summed E-state index contributed by atoms with van der Waals surface area (Å²) in [6, 6.07) is 4.63. The maximum Gasteiger partial charge on any atom is 0.287 e. The van der Waals surface area contributed by atoms with Crippen LogP contribution in [0.5, 0.6) is 5.88 Å². The minimum Gasteiger partial charge on any atom is -0.464 e. The van der Waals surface area contributed by atoms with Gasteiger partial charge in [-0.1, -0.05) is 11.2 Å². The lowest BCUT2D eigenvalue weighted by Crippen LogP contribution is -2.31. The molecular formula is C17H18FN5O5. The molecule has 2 aromatic rings. The second-order valence-electron chi connectivity index (χ2n) is 5.97. The SMILES string of the molecule is O=C(COc1nonc1/C(N=CC1CCc2ccc(F)cc21)=N/O)NCCO. The van der Waals surface area contributed by atoms with Crippen molar-refractivity contribution in [3.05, 3.63) is 40.8 Å². The van der Waals surface area contributed by atoms with Gasteiger partial charge in [-0.3, -0.25) is 4.79 Å². The Balaban J connectivity index is 1.69. The molecule has 3 rings (SSSR count). The predicted molar refractivity (Wildman–Crippen MR) is 94.2 cm³/mol. The maximum absolute atomic E-state index is 13.5. The van der Waals surface area contributed by atoms with Crippen LogP contribution in [0, 0.1) is 5.82 Å². The molecule has 1 aromatic carbocycles. The Morgan fingerprint density at radius 2 is 2.32 bits per heavy atom. The topological polar surface area (TPSA) is 142 Å². The van der Waals surface area contributed by atoms with Gasteiger partial charge in [0.15, 0.2) is 6.61 Å². The number of rotatable bonds is 7. The van der Waals surface area contributed by atoms with Crippen LogP contribution < -0.4 is 10.1 Å². The van der Waals surface area contributed by atoms with E-state index in [9.17, 15) is 14.4 Å². The molecule has 10 nitrogen and oxygen atoms in total. The van der Waals surface area contributed by atoms with Gasteiger partial charge < -0.3 is 20.4 Å². The standard InChI is InChI=1S/C17H18FN5O5/c18-12-4-3-10-1-2-11(13(10)7-12)8-20-16(21-26)15-17(23-28-22-15)27-9-14(25)19-5-6-24/h3-4,7-8,11,24,26H,1-2,5-6,9H2,(H,19,25)/b20-8?,21-16-. The summed E-state index contributed by atoms with van der Waals surface area (Å²) in [4.78, 5) is 15.6. The van der Waals surface area contributed by atoms with Crippen molar-refractivity contribution in [2.45, 2.75) is 18.8 Å².